The van der Waals surface area contributed by atoms with Gasteiger partial charge in [0.15, 0.2) is 0 Å². The molecule has 0 bridgehead atoms. The van der Waals surface area contributed by atoms with Crippen LogP contribution in [0.25, 0.3) is 0 Å². The molecule has 1 amide bonds. The average molecular weight is 276 g/mol. The first-order chi connectivity index (χ1) is 8.22. The molecule has 5 nitrogen and oxygen atoms in total. The fourth-order valence-corrected chi connectivity index (χ4v) is 1.69. The number of hydrogen-bond acceptors (Lipinski definition) is 4. The Balaban J connectivity index is 0.00000289. The lowest BCUT2D eigenvalue weighted by atomic mass is 9.99. The van der Waals surface area contributed by atoms with Crippen LogP contribution in [0.2, 0.25) is 0 Å². The summed E-state index contributed by atoms with van der Waals surface area (Å²) in [6.45, 7) is 5.33. The highest BCUT2D eigenvalue weighted by Crippen LogP contribution is 2.22. The monoisotopic (exact) mass is 275 g/mol. The summed E-state index contributed by atoms with van der Waals surface area (Å²) >= 11 is 0. The Morgan fingerprint density at radius 1 is 1.50 bits per heavy atom. The van der Waals surface area contributed by atoms with E-state index >= 15 is 0 Å². The predicted molar refractivity (Wildman–Crippen MR) is 73.1 cm³/mol. The highest BCUT2D eigenvalue weighted by molar-refractivity contribution is 5.91. The zero-order chi connectivity index (χ0) is 12.7. The van der Waals surface area contributed by atoms with Crippen molar-refractivity contribution in [3.63, 3.8) is 0 Å². The number of halogens is 1. The smallest absolute Gasteiger partial charge is 0.289 e. The summed E-state index contributed by atoms with van der Waals surface area (Å²) in [5, 5.41) is 6.68. The largest absolute Gasteiger partial charge is 0.351 e. The second-order valence-corrected chi connectivity index (χ2v) is 4.03. The third-order valence-electron chi connectivity index (χ3n) is 2.82. The maximum absolute atomic E-state index is 11.6. The molecule has 3 N–H and O–H groups in total. The fraction of sp³-hybridized carbons (Fsp3) is 0.667. The first kappa shape index (κ1) is 16.9. The van der Waals surface area contributed by atoms with Crippen LogP contribution in [-0.4, -0.2) is 24.2 Å². The quantitative estimate of drug-likeness (QED) is 0.747. The molecular weight excluding hydrogens is 254 g/mol. The number of amides is 1. The van der Waals surface area contributed by atoms with Crippen molar-refractivity contribution in [1.29, 1.82) is 0 Å². The molecule has 1 aromatic rings. The van der Waals surface area contributed by atoms with E-state index in [2.05, 4.69) is 24.3 Å². The summed E-state index contributed by atoms with van der Waals surface area (Å²) in [5.74, 6) is 0.427. The van der Waals surface area contributed by atoms with E-state index in [0.717, 1.165) is 25.0 Å². The summed E-state index contributed by atoms with van der Waals surface area (Å²) in [5.41, 5.74) is 6.21. The topological polar surface area (TPSA) is 81.2 Å². The minimum atomic E-state index is -0.219. The lowest BCUT2D eigenvalue weighted by Gasteiger charge is -2.05. The van der Waals surface area contributed by atoms with Crippen molar-refractivity contribution >= 4 is 18.3 Å². The van der Waals surface area contributed by atoms with E-state index in [0.29, 0.717) is 19.0 Å². The highest BCUT2D eigenvalue weighted by Gasteiger charge is 2.16. The van der Waals surface area contributed by atoms with Gasteiger partial charge in [0.2, 0.25) is 5.76 Å². The van der Waals surface area contributed by atoms with E-state index in [4.69, 9.17) is 10.3 Å². The number of carbonyl (C=O) groups is 1. The van der Waals surface area contributed by atoms with Crippen molar-refractivity contribution in [2.75, 3.05) is 13.1 Å². The zero-order valence-corrected chi connectivity index (χ0v) is 11.8. The van der Waals surface area contributed by atoms with Crippen molar-refractivity contribution < 1.29 is 9.32 Å². The number of hydrogen-bond donors (Lipinski definition) is 2. The van der Waals surface area contributed by atoms with Crippen LogP contribution in [0.4, 0.5) is 0 Å². The lowest BCUT2D eigenvalue weighted by Crippen LogP contribution is -2.25. The van der Waals surface area contributed by atoms with Gasteiger partial charge in [-0.25, -0.2) is 0 Å². The number of nitrogens with one attached hydrogen (secondary N) is 1. The molecule has 0 aliphatic rings. The predicted octanol–water partition coefficient (Wildman–Crippen LogP) is 2.08. The second kappa shape index (κ2) is 8.94. The van der Waals surface area contributed by atoms with Gasteiger partial charge in [-0.1, -0.05) is 19.0 Å². The van der Waals surface area contributed by atoms with E-state index in [9.17, 15) is 4.79 Å². The van der Waals surface area contributed by atoms with Gasteiger partial charge in [-0.2, -0.15) is 0 Å². The molecule has 0 spiro atoms. The third kappa shape index (κ3) is 4.66. The van der Waals surface area contributed by atoms with E-state index in [1.807, 2.05) is 0 Å². The zero-order valence-electron chi connectivity index (χ0n) is 10.9. The maximum atomic E-state index is 11.6. The standard InChI is InChI=1S/C12H21N3O2.ClH/c1-3-9(4-2)10-8-11(17-15-10)12(16)14-7-5-6-13;/h8-9H,3-7,13H2,1-2H3,(H,14,16);1H. The molecule has 18 heavy (non-hydrogen) atoms. The molecular formula is C12H22ClN3O2. The summed E-state index contributed by atoms with van der Waals surface area (Å²) in [7, 11) is 0. The summed E-state index contributed by atoms with van der Waals surface area (Å²) in [6, 6.07) is 1.73. The van der Waals surface area contributed by atoms with Crippen molar-refractivity contribution in [1.82, 2.24) is 10.5 Å². The molecule has 0 saturated heterocycles. The van der Waals surface area contributed by atoms with Gasteiger partial charge in [0.05, 0.1) is 5.69 Å². The molecule has 0 aromatic carbocycles. The Kier molecular flexibility index (Phi) is 8.41. The molecule has 0 aliphatic heterocycles. The highest BCUT2D eigenvalue weighted by atomic mass is 35.5. The lowest BCUT2D eigenvalue weighted by molar-refractivity contribution is 0.0916. The van der Waals surface area contributed by atoms with Gasteiger partial charge in [-0.05, 0) is 25.8 Å². The third-order valence-corrected chi connectivity index (χ3v) is 2.82. The number of aromatic nitrogens is 1. The summed E-state index contributed by atoms with van der Waals surface area (Å²) in [4.78, 5) is 11.6. The molecule has 0 fully saturated rings. The Bertz CT molecular complexity index is 351. The molecule has 0 unspecified atom stereocenters. The van der Waals surface area contributed by atoms with Crippen molar-refractivity contribution in [3.05, 3.63) is 17.5 Å². The van der Waals surface area contributed by atoms with E-state index in [1.165, 1.54) is 0 Å². The van der Waals surface area contributed by atoms with Crippen LogP contribution in [0.15, 0.2) is 10.6 Å². The molecule has 0 aliphatic carbocycles. The SMILES string of the molecule is CCC(CC)c1cc(C(=O)NCCCN)on1.Cl. The van der Waals surface area contributed by atoms with Crippen molar-refractivity contribution in [3.8, 4) is 0 Å². The first-order valence-corrected chi connectivity index (χ1v) is 6.17. The van der Waals surface area contributed by atoms with E-state index in [-0.39, 0.29) is 24.1 Å². The Labute approximate surface area is 114 Å². The van der Waals surface area contributed by atoms with Crippen LogP contribution in [0.5, 0.6) is 0 Å². The minimum absolute atomic E-state index is 0. The van der Waals surface area contributed by atoms with Crippen molar-refractivity contribution in [2.45, 2.75) is 39.0 Å². The van der Waals surface area contributed by atoms with Crippen LogP contribution >= 0.6 is 12.4 Å². The van der Waals surface area contributed by atoms with Gasteiger partial charge < -0.3 is 15.6 Å². The Hall–Kier alpha value is -1.07. The van der Waals surface area contributed by atoms with Gasteiger partial charge in [0.25, 0.3) is 5.91 Å². The van der Waals surface area contributed by atoms with Gasteiger partial charge in [-0.15, -0.1) is 12.4 Å². The van der Waals surface area contributed by atoms with Crippen LogP contribution in [0.3, 0.4) is 0 Å². The maximum Gasteiger partial charge on any atom is 0.289 e. The van der Waals surface area contributed by atoms with Crippen molar-refractivity contribution in [2.24, 2.45) is 5.73 Å². The van der Waals surface area contributed by atoms with Gasteiger partial charge in [0.1, 0.15) is 0 Å². The molecule has 6 heteroatoms. The minimum Gasteiger partial charge on any atom is -0.351 e. The van der Waals surface area contributed by atoms with E-state index in [1.54, 1.807) is 6.07 Å². The van der Waals surface area contributed by atoms with Crippen LogP contribution in [-0.2, 0) is 0 Å². The Morgan fingerprint density at radius 3 is 2.72 bits per heavy atom. The van der Waals surface area contributed by atoms with Gasteiger partial charge >= 0.3 is 0 Å². The van der Waals surface area contributed by atoms with Crippen LogP contribution in [0.1, 0.15) is 55.3 Å². The summed E-state index contributed by atoms with van der Waals surface area (Å²) in [6.07, 6.45) is 2.76. The van der Waals surface area contributed by atoms with Gasteiger partial charge in [0, 0.05) is 18.5 Å². The first-order valence-electron chi connectivity index (χ1n) is 6.17. The molecule has 0 radical (unpaired) electrons. The van der Waals surface area contributed by atoms with Crippen LogP contribution in [0, 0.1) is 0 Å². The molecule has 0 atom stereocenters. The fourth-order valence-electron chi connectivity index (χ4n) is 1.69. The molecule has 1 heterocycles. The molecule has 0 saturated carbocycles. The summed E-state index contributed by atoms with van der Waals surface area (Å²) < 4.78 is 5.05. The molecule has 1 aromatic heterocycles. The van der Waals surface area contributed by atoms with Crippen LogP contribution < -0.4 is 11.1 Å². The molecule has 104 valence electrons. The van der Waals surface area contributed by atoms with E-state index < -0.39 is 0 Å². The van der Waals surface area contributed by atoms with Gasteiger partial charge in [-0.3, -0.25) is 4.79 Å². The number of nitrogens with zero attached hydrogens (tertiary/aromatic N) is 1. The normalized spacial score (nSPS) is 10.2. The second-order valence-electron chi connectivity index (χ2n) is 4.03. The Morgan fingerprint density at radius 2 is 2.17 bits per heavy atom. The number of rotatable bonds is 7. The molecule has 1 rings (SSSR count). The number of carbonyl (C=O) groups excluding carboxylic acids is 1. The number of nitrogens with two attached hydrogens (primary N) is 1. The average Bonchev–Trinajstić information content (AvgIpc) is 2.80.